The maximum atomic E-state index is 6.27. The number of halogens is 3. The van der Waals surface area contributed by atoms with Crippen LogP contribution in [0.2, 0.25) is 5.02 Å². The summed E-state index contributed by atoms with van der Waals surface area (Å²) in [5, 5.41) is 4.22. The lowest BCUT2D eigenvalue weighted by molar-refractivity contribution is 0.884. The van der Waals surface area contributed by atoms with Gasteiger partial charge in [0.25, 0.3) is 0 Å². The van der Waals surface area contributed by atoms with Gasteiger partial charge in [-0.25, -0.2) is 0 Å². The van der Waals surface area contributed by atoms with E-state index < -0.39 is 0 Å². The summed E-state index contributed by atoms with van der Waals surface area (Å²) in [7, 11) is 0. The molecule has 1 nitrogen and oxygen atoms in total. The van der Waals surface area contributed by atoms with Crippen LogP contribution >= 0.6 is 43.5 Å². The van der Waals surface area contributed by atoms with Gasteiger partial charge in [-0.15, -0.1) is 0 Å². The van der Waals surface area contributed by atoms with E-state index in [1.54, 1.807) is 0 Å². The Hall–Kier alpha value is -0.510. The third-order valence-electron chi connectivity index (χ3n) is 2.98. The zero-order chi connectivity index (χ0) is 14.0. The van der Waals surface area contributed by atoms with Crippen molar-refractivity contribution in [3.63, 3.8) is 0 Å². The lowest BCUT2D eigenvalue weighted by atomic mass is 10.1. The summed E-state index contributed by atoms with van der Waals surface area (Å²) in [5.41, 5.74) is 3.38. The van der Waals surface area contributed by atoms with E-state index in [-0.39, 0.29) is 6.04 Å². The summed E-state index contributed by atoms with van der Waals surface area (Å²) in [5.74, 6) is 0. The van der Waals surface area contributed by atoms with E-state index in [1.165, 1.54) is 5.56 Å². The minimum Gasteiger partial charge on any atom is -0.378 e. The Morgan fingerprint density at radius 3 is 2.47 bits per heavy atom. The highest BCUT2D eigenvalue weighted by atomic mass is 79.9. The van der Waals surface area contributed by atoms with Crippen LogP contribution in [-0.2, 0) is 0 Å². The third-order valence-corrected chi connectivity index (χ3v) is 4.66. The quantitative estimate of drug-likeness (QED) is 0.630. The van der Waals surface area contributed by atoms with Gasteiger partial charge >= 0.3 is 0 Å². The first kappa shape index (κ1) is 14.9. The highest BCUT2D eigenvalue weighted by molar-refractivity contribution is 9.10. The highest BCUT2D eigenvalue weighted by Crippen LogP contribution is 2.29. The van der Waals surface area contributed by atoms with Crippen molar-refractivity contribution in [1.29, 1.82) is 0 Å². The van der Waals surface area contributed by atoms with E-state index in [0.717, 1.165) is 25.2 Å². The molecular weight excluding hydrogens is 389 g/mol. The molecule has 0 radical (unpaired) electrons. The second kappa shape index (κ2) is 6.29. The van der Waals surface area contributed by atoms with E-state index >= 15 is 0 Å². The predicted molar refractivity (Wildman–Crippen MR) is 90.1 cm³/mol. The lowest BCUT2D eigenvalue weighted by Crippen LogP contribution is -2.07. The maximum Gasteiger partial charge on any atom is 0.0500 e. The molecular formula is C15H14Br2ClN. The average molecular weight is 404 g/mol. The molecule has 0 aliphatic rings. The van der Waals surface area contributed by atoms with Crippen molar-refractivity contribution in [2.75, 3.05) is 5.32 Å². The fourth-order valence-electron chi connectivity index (χ4n) is 1.86. The minimum absolute atomic E-state index is 0.148. The van der Waals surface area contributed by atoms with Gasteiger partial charge in [-0.1, -0.05) is 55.6 Å². The van der Waals surface area contributed by atoms with Crippen molar-refractivity contribution < 1.29 is 0 Å². The summed E-state index contributed by atoms with van der Waals surface area (Å²) in [6, 6.07) is 12.3. The number of anilines is 1. The molecule has 0 saturated carbocycles. The summed E-state index contributed by atoms with van der Waals surface area (Å²) in [6.07, 6.45) is 0. The molecule has 1 N–H and O–H groups in total. The van der Waals surface area contributed by atoms with E-state index in [9.17, 15) is 0 Å². The Balaban J connectivity index is 2.20. The first-order valence-corrected chi connectivity index (χ1v) is 7.91. The topological polar surface area (TPSA) is 12.0 Å². The Bertz CT molecular complexity index is 599. The van der Waals surface area contributed by atoms with Gasteiger partial charge in [0.2, 0.25) is 0 Å². The molecule has 1 unspecified atom stereocenters. The van der Waals surface area contributed by atoms with Crippen LogP contribution in [0.15, 0.2) is 45.3 Å². The van der Waals surface area contributed by atoms with Crippen molar-refractivity contribution in [3.05, 3.63) is 61.5 Å². The number of rotatable bonds is 3. The van der Waals surface area contributed by atoms with Crippen LogP contribution in [0, 0.1) is 6.92 Å². The van der Waals surface area contributed by atoms with Crippen molar-refractivity contribution in [2.24, 2.45) is 0 Å². The van der Waals surface area contributed by atoms with Crippen LogP contribution in [-0.4, -0.2) is 0 Å². The fraction of sp³-hybridized carbons (Fsp3) is 0.200. The first-order valence-electron chi connectivity index (χ1n) is 5.95. The molecule has 4 heteroatoms. The molecule has 0 spiro atoms. The fourth-order valence-corrected chi connectivity index (χ4v) is 3.08. The summed E-state index contributed by atoms with van der Waals surface area (Å²) in [4.78, 5) is 0. The van der Waals surface area contributed by atoms with E-state index in [4.69, 9.17) is 11.6 Å². The van der Waals surface area contributed by atoms with Crippen molar-refractivity contribution >= 4 is 49.1 Å². The number of benzene rings is 2. The monoisotopic (exact) mass is 401 g/mol. The molecule has 1 atom stereocenters. The van der Waals surface area contributed by atoms with Gasteiger partial charge in [0.1, 0.15) is 0 Å². The smallest absolute Gasteiger partial charge is 0.0500 e. The standard InChI is InChI=1S/C15H14Br2ClN/c1-9-3-5-12(8-14(9)17)19-10(2)13-6-4-11(16)7-15(13)18/h3-8,10,19H,1-2H3. The lowest BCUT2D eigenvalue weighted by Gasteiger charge is -2.18. The molecule has 2 aromatic carbocycles. The average Bonchev–Trinajstić information content (AvgIpc) is 2.33. The Morgan fingerprint density at radius 1 is 1.11 bits per heavy atom. The Morgan fingerprint density at radius 2 is 1.84 bits per heavy atom. The third kappa shape index (κ3) is 3.74. The van der Waals surface area contributed by atoms with Gasteiger partial charge in [0.15, 0.2) is 0 Å². The van der Waals surface area contributed by atoms with Crippen LogP contribution < -0.4 is 5.32 Å². The molecule has 0 heterocycles. The van der Waals surface area contributed by atoms with Crippen molar-refractivity contribution in [3.8, 4) is 0 Å². The molecule has 2 rings (SSSR count). The zero-order valence-electron chi connectivity index (χ0n) is 10.7. The van der Waals surface area contributed by atoms with Crippen LogP contribution in [0.1, 0.15) is 24.1 Å². The molecule has 0 aliphatic heterocycles. The second-order valence-corrected chi connectivity index (χ2v) is 6.67. The van der Waals surface area contributed by atoms with Gasteiger partial charge in [-0.2, -0.15) is 0 Å². The van der Waals surface area contributed by atoms with Crippen molar-refractivity contribution in [2.45, 2.75) is 19.9 Å². The first-order chi connectivity index (χ1) is 8.97. The van der Waals surface area contributed by atoms with Gasteiger partial charge in [-0.3, -0.25) is 0 Å². The van der Waals surface area contributed by atoms with Crippen LogP contribution in [0.25, 0.3) is 0 Å². The van der Waals surface area contributed by atoms with Crippen LogP contribution in [0.3, 0.4) is 0 Å². The predicted octanol–water partition coefficient (Wildman–Crippen LogP) is 6.35. The van der Waals surface area contributed by atoms with E-state index in [1.807, 2.05) is 18.2 Å². The summed E-state index contributed by atoms with van der Waals surface area (Å²) >= 11 is 13.2. The Kier molecular flexibility index (Phi) is 4.93. The Labute approximate surface area is 135 Å². The van der Waals surface area contributed by atoms with Crippen molar-refractivity contribution in [1.82, 2.24) is 0 Å². The summed E-state index contributed by atoms with van der Waals surface area (Å²) < 4.78 is 2.10. The van der Waals surface area contributed by atoms with E-state index in [2.05, 4.69) is 69.2 Å². The number of nitrogens with one attached hydrogen (secondary N) is 1. The number of hydrogen-bond donors (Lipinski definition) is 1. The SMILES string of the molecule is Cc1ccc(NC(C)c2ccc(Br)cc2Cl)cc1Br. The molecule has 0 fully saturated rings. The normalized spacial score (nSPS) is 12.3. The minimum atomic E-state index is 0.148. The van der Waals surface area contributed by atoms with Crippen LogP contribution in [0.4, 0.5) is 5.69 Å². The molecule has 0 saturated heterocycles. The van der Waals surface area contributed by atoms with Gasteiger partial charge in [0, 0.05) is 25.7 Å². The molecule has 19 heavy (non-hydrogen) atoms. The number of hydrogen-bond acceptors (Lipinski definition) is 1. The maximum absolute atomic E-state index is 6.27. The molecule has 0 bridgehead atoms. The van der Waals surface area contributed by atoms with E-state index in [0.29, 0.717) is 0 Å². The zero-order valence-corrected chi connectivity index (χ0v) is 14.6. The highest BCUT2D eigenvalue weighted by Gasteiger charge is 2.10. The van der Waals surface area contributed by atoms with Gasteiger partial charge in [-0.05, 0) is 49.2 Å². The molecule has 0 aromatic heterocycles. The molecule has 2 aromatic rings. The second-order valence-electron chi connectivity index (χ2n) is 4.50. The molecule has 0 aliphatic carbocycles. The van der Waals surface area contributed by atoms with Crippen LogP contribution in [0.5, 0.6) is 0 Å². The largest absolute Gasteiger partial charge is 0.378 e. The number of aryl methyl sites for hydroxylation is 1. The van der Waals surface area contributed by atoms with Gasteiger partial charge < -0.3 is 5.32 Å². The van der Waals surface area contributed by atoms with Gasteiger partial charge in [0.05, 0.1) is 0 Å². The summed E-state index contributed by atoms with van der Waals surface area (Å²) in [6.45, 7) is 4.17. The molecule has 0 amide bonds. The molecule has 100 valence electrons.